The fraction of sp³-hybridized carbons (Fsp3) is 0.500. The Morgan fingerprint density at radius 3 is 2.77 bits per heavy atom. The molecule has 1 saturated heterocycles. The van der Waals surface area contributed by atoms with Crippen molar-refractivity contribution in [3.8, 4) is 11.3 Å². The van der Waals surface area contributed by atoms with Crippen molar-refractivity contribution in [2.24, 2.45) is 5.92 Å². The molecule has 3 heterocycles. The van der Waals surface area contributed by atoms with Gasteiger partial charge in [0.2, 0.25) is 11.9 Å². The fourth-order valence-electron chi connectivity index (χ4n) is 4.22. The van der Waals surface area contributed by atoms with Crippen LogP contribution in [0, 0.1) is 11.7 Å². The summed E-state index contributed by atoms with van der Waals surface area (Å²) in [5.41, 5.74) is 0.703. The van der Waals surface area contributed by atoms with Crippen molar-refractivity contribution in [2.45, 2.75) is 51.0 Å². The number of piperidine rings is 1. The quantitative estimate of drug-likeness (QED) is 0.731. The van der Waals surface area contributed by atoms with Gasteiger partial charge in [0.1, 0.15) is 11.5 Å². The topological polar surface area (TPSA) is 97.3 Å². The zero-order chi connectivity index (χ0) is 21.8. The number of aromatic nitrogens is 3. The molecule has 8 nitrogen and oxygen atoms in total. The first-order chi connectivity index (χ1) is 15.0. The van der Waals surface area contributed by atoms with Crippen LogP contribution in [0.1, 0.15) is 44.9 Å². The van der Waals surface area contributed by atoms with Crippen molar-refractivity contribution < 1.29 is 18.7 Å². The molecule has 0 aromatic carbocycles. The summed E-state index contributed by atoms with van der Waals surface area (Å²) in [5, 5.41) is 3.26. The van der Waals surface area contributed by atoms with Gasteiger partial charge in [0, 0.05) is 30.8 Å². The van der Waals surface area contributed by atoms with Gasteiger partial charge in [-0.25, -0.2) is 19.3 Å². The van der Waals surface area contributed by atoms with E-state index in [1.807, 2.05) is 0 Å². The van der Waals surface area contributed by atoms with Crippen LogP contribution in [0.5, 0.6) is 0 Å². The molecule has 1 saturated carbocycles. The highest BCUT2D eigenvalue weighted by atomic mass is 19.1. The lowest BCUT2D eigenvalue weighted by Gasteiger charge is -2.27. The SMILES string of the molecule is COC(=O)[C@H]1CC[C@H](Nc2ncc(F)c(-c3ccnc(N4CCCCC4=O)c3)n2)CC1. The third kappa shape index (κ3) is 4.81. The molecule has 1 aliphatic carbocycles. The highest BCUT2D eigenvalue weighted by molar-refractivity contribution is 5.93. The third-order valence-electron chi connectivity index (χ3n) is 5.96. The lowest BCUT2D eigenvalue weighted by Crippen LogP contribution is -2.35. The second-order valence-electron chi connectivity index (χ2n) is 8.01. The number of esters is 1. The number of carbonyl (C=O) groups is 2. The Balaban J connectivity index is 1.49. The lowest BCUT2D eigenvalue weighted by atomic mass is 9.86. The van der Waals surface area contributed by atoms with Gasteiger partial charge in [0.05, 0.1) is 19.2 Å². The van der Waals surface area contributed by atoms with Crippen LogP contribution < -0.4 is 10.2 Å². The zero-order valence-electron chi connectivity index (χ0n) is 17.5. The van der Waals surface area contributed by atoms with E-state index in [2.05, 4.69) is 20.3 Å². The van der Waals surface area contributed by atoms with Gasteiger partial charge in [0.25, 0.3) is 0 Å². The molecule has 0 bridgehead atoms. The van der Waals surface area contributed by atoms with E-state index in [0.717, 1.165) is 44.7 Å². The molecule has 2 aliphatic rings. The summed E-state index contributed by atoms with van der Waals surface area (Å²) in [6, 6.07) is 3.48. The van der Waals surface area contributed by atoms with E-state index in [-0.39, 0.29) is 29.5 Å². The first kappa shape index (κ1) is 21.1. The van der Waals surface area contributed by atoms with Crippen molar-refractivity contribution in [1.29, 1.82) is 0 Å². The number of rotatable bonds is 5. The lowest BCUT2D eigenvalue weighted by molar-refractivity contribution is -0.146. The number of nitrogens with zero attached hydrogens (tertiary/aromatic N) is 4. The largest absolute Gasteiger partial charge is 0.469 e. The van der Waals surface area contributed by atoms with E-state index in [1.54, 1.807) is 23.2 Å². The van der Waals surface area contributed by atoms with E-state index < -0.39 is 5.82 Å². The van der Waals surface area contributed by atoms with E-state index in [0.29, 0.717) is 30.3 Å². The maximum Gasteiger partial charge on any atom is 0.308 e. The summed E-state index contributed by atoms with van der Waals surface area (Å²) in [4.78, 5) is 38.3. The number of nitrogens with one attached hydrogen (secondary N) is 1. The number of halogens is 1. The van der Waals surface area contributed by atoms with Gasteiger partial charge in [-0.15, -0.1) is 0 Å². The van der Waals surface area contributed by atoms with Gasteiger partial charge in [-0.05, 0) is 50.7 Å². The van der Waals surface area contributed by atoms with Gasteiger partial charge in [-0.1, -0.05) is 0 Å². The number of hydrogen-bond acceptors (Lipinski definition) is 7. The first-order valence-corrected chi connectivity index (χ1v) is 10.7. The number of ether oxygens (including phenoxy) is 1. The Bertz CT molecular complexity index is 962. The number of pyridine rings is 1. The first-order valence-electron chi connectivity index (χ1n) is 10.7. The molecule has 0 unspecified atom stereocenters. The molecule has 31 heavy (non-hydrogen) atoms. The zero-order valence-corrected chi connectivity index (χ0v) is 17.5. The molecule has 1 amide bonds. The van der Waals surface area contributed by atoms with Crippen LogP contribution in [0.15, 0.2) is 24.5 Å². The summed E-state index contributed by atoms with van der Waals surface area (Å²) in [6.07, 6.45) is 8.05. The third-order valence-corrected chi connectivity index (χ3v) is 5.96. The maximum atomic E-state index is 14.6. The van der Waals surface area contributed by atoms with Gasteiger partial charge < -0.3 is 10.1 Å². The average molecular weight is 427 g/mol. The van der Waals surface area contributed by atoms with Crippen LogP contribution >= 0.6 is 0 Å². The van der Waals surface area contributed by atoms with Crippen molar-refractivity contribution >= 4 is 23.6 Å². The standard InChI is InChI=1S/C22H26FN5O3/c1-31-21(30)14-5-7-16(8-6-14)26-22-25-13-17(23)20(27-22)15-9-10-24-18(12-15)28-11-3-2-4-19(28)29/h9-10,12-14,16H,2-8,11H2,1H3,(H,25,26,27)/t14-,16-. The Kier molecular flexibility index (Phi) is 6.39. The maximum absolute atomic E-state index is 14.6. The van der Waals surface area contributed by atoms with Gasteiger partial charge >= 0.3 is 5.97 Å². The Morgan fingerprint density at radius 2 is 2.03 bits per heavy atom. The van der Waals surface area contributed by atoms with E-state index in [1.165, 1.54) is 7.11 Å². The minimum Gasteiger partial charge on any atom is -0.469 e. The minimum atomic E-state index is -0.540. The van der Waals surface area contributed by atoms with Crippen molar-refractivity contribution in [2.75, 3.05) is 23.9 Å². The Hall–Kier alpha value is -3.10. The molecule has 2 aromatic heterocycles. The molecule has 4 rings (SSSR count). The normalized spacial score (nSPS) is 21.6. The van der Waals surface area contributed by atoms with Crippen molar-refractivity contribution in [1.82, 2.24) is 15.0 Å². The highest BCUT2D eigenvalue weighted by Crippen LogP contribution is 2.29. The monoisotopic (exact) mass is 427 g/mol. The molecular weight excluding hydrogens is 401 g/mol. The molecular formula is C22H26FN5O3. The van der Waals surface area contributed by atoms with Gasteiger partial charge in [0.15, 0.2) is 5.82 Å². The van der Waals surface area contributed by atoms with Crippen LogP contribution in [-0.2, 0) is 14.3 Å². The predicted octanol–water partition coefficient (Wildman–Crippen LogP) is 3.34. The van der Waals surface area contributed by atoms with Crippen LogP contribution in [0.3, 0.4) is 0 Å². The average Bonchev–Trinajstić information content (AvgIpc) is 2.80. The molecule has 2 fully saturated rings. The van der Waals surface area contributed by atoms with Gasteiger partial charge in [-0.2, -0.15) is 0 Å². The van der Waals surface area contributed by atoms with E-state index in [4.69, 9.17) is 4.74 Å². The molecule has 0 radical (unpaired) electrons. The summed E-state index contributed by atoms with van der Waals surface area (Å²) in [5.74, 6) is 0.104. The highest BCUT2D eigenvalue weighted by Gasteiger charge is 2.27. The summed E-state index contributed by atoms with van der Waals surface area (Å²) < 4.78 is 19.4. The molecule has 9 heteroatoms. The molecule has 164 valence electrons. The molecule has 1 N–H and O–H groups in total. The Labute approximate surface area is 180 Å². The second-order valence-corrected chi connectivity index (χ2v) is 8.01. The smallest absolute Gasteiger partial charge is 0.308 e. The molecule has 0 atom stereocenters. The van der Waals surface area contributed by atoms with Gasteiger partial charge in [-0.3, -0.25) is 14.5 Å². The molecule has 0 spiro atoms. The number of anilines is 2. The Morgan fingerprint density at radius 1 is 1.23 bits per heavy atom. The summed E-state index contributed by atoms with van der Waals surface area (Å²) in [7, 11) is 1.41. The van der Waals surface area contributed by atoms with Crippen LogP contribution in [-0.4, -0.2) is 46.5 Å². The molecule has 2 aromatic rings. The molecule has 1 aliphatic heterocycles. The van der Waals surface area contributed by atoms with Crippen LogP contribution in [0.4, 0.5) is 16.2 Å². The van der Waals surface area contributed by atoms with E-state index in [9.17, 15) is 14.0 Å². The van der Waals surface area contributed by atoms with E-state index >= 15 is 0 Å². The van der Waals surface area contributed by atoms with Crippen LogP contribution in [0.2, 0.25) is 0 Å². The summed E-state index contributed by atoms with van der Waals surface area (Å²) >= 11 is 0. The minimum absolute atomic E-state index is 0.0315. The second kappa shape index (κ2) is 9.36. The van der Waals surface area contributed by atoms with Crippen molar-refractivity contribution in [3.05, 3.63) is 30.3 Å². The number of amides is 1. The fourth-order valence-corrected chi connectivity index (χ4v) is 4.22. The summed E-state index contributed by atoms with van der Waals surface area (Å²) in [6.45, 7) is 0.614. The number of methoxy groups -OCH3 is 1. The van der Waals surface area contributed by atoms with Crippen LogP contribution in [0.25, 0.3) is 11.3 Å². The number of carbonyl (C=O) groups excluding carboxylic acids is 2. The number of hydrogen-bond donors (Lipinski definition) is 1. The van der Waals surface area contributed by atoms with Crippen molar-refractivity contribution in [3.63, 3.8) is 0 Å². The predicted molar refractivity (Wildman–Crippen MR) is 113 cm³/mol.